The number of thiophene rings is 1. The third kappa shape index (κ3) is 5.08. The van der Waals surface area contributed by atoms with E-state index in [1.807, 2.05) is 56.4 Å². The van der Waals surface area contributed by atoms with Gasteiger partial charge in [0, 0.05) is 65.2 Å². The van der Waals surface area contributed by atoms with Gasteiger partial charge in [0.15, 0.2) is 0 Å². The van der Waals surface area contributed by atoms with E-state index in [2.05, 4.69) is 16.6 Å². The first kappa shape index (κ1) is 29.8. The lowest BCUT2D eigenvalue weighted by Crippen LogP contribution is -2.28. The number of halogens is 2. The molecule has 7 nitrogen and oxygen atoms in total. The maximum atomic E-state index is 12.7. The highest BCUT2D eigenvalue weighted by atomic mass is 35.5. The molecule has 3 N–H and O–H groups in total. The van der Waals surface area contributed by atoms with Gasteiger partial charge < -0.3 is 25.0 Å². The van der Waals surface area contributed by atoms with Gasteiger partial charge in [0.2, 0.25) is 6.41 Å². The van der Waals surface area contributed by atoms with Crippen molar-refractivity contribution in [2.75, 3.05) is 35.2 Å². The number of fused-ring (bicyclic) bond motifs is 6. The normalized spacial score (nSPS) is 15.1. The molecule has 5 aromatic rings. The SMILES string of the molecule is CCl.Cc1c[nH]c2c(O)cc3c(c12)C(CCl)CN3C=O.Cc1ccc(C(=O)N2CCc3c2cc(O)c2ccccc32)s1. The Balaban J connectivity index is 0.000000162. The summed E-state index contributed by atoms with van der Waals surface area (Å²) in [6.45, 7) is 5.22. The molecule has 2 aromatic heterocycles. The second kappa shape index (κ2) is 12.3. The Hall–Kier alpha value is -3.72. The number of phenolic OH excluding ortho intramolecular Hbond substituents is 2. The van der Waals surface area contributed by atoms with Gasteiger partial charge in [0.1, 0.15) is 11.5 Å². The second-order valence-corrected chi connectivity index (χ2v) is 11.8. The second-order valence-electron chi connectivity index (χ2n) is 10.2. The molecule has 0 radical (unpaired) electrons. The van der Waals surface area contributed by atoms with Gasteiger partial charge >= 0.3 is 0 Å². The van der Waals surface area contributed by atoms with Crippen LogP contribution in [-0.2, 0) is 11.2 Å². The molecule has 4 heterocycles. The number of carbonyl (C=O) groups is 2. The van der Waals surface area contributed by atoms with E-state index in [0.717, 1.165) is 66.8 Å². The predicted molar refractivity (Wildman–Crippen MR) is 173 cm³/mol. The van der Waals surface area contributed by atoms with E-state index in [-0.39, 0.29) is 23.3 Å². The van der Waals surface area contributed by atoms with Gasteiger partial charge in [-0.25, -0.2) is 0 Å². The molecule has 218 valence electrons. The first-order valence-electron chi connectivity index (χ1n) is 13.4. The Bertz CT molecular complexity index is 1800. The van der Waals surface area contributed by atoms with Gasteiger partial charge in [-0.05, 0) is 54.5 Å². The first-order chi connectivity index (χ1) is 20.3. The summed E-state index contributed by atoms with van der Waals surface area (Å²) in [5, 5.41) is 23.2. The van der Waals surface area contributed by atoms with E-state index in [1.165, 1.54) is 17.7 Å². The number of alkyl halides is 2. The van der Waals surface area contributed by atoms with Gasteiger partial charge in [-0.2, -0.15) is 0 Å². The van der Waals surface area contributed by atoms with Crippen molar-refractivity contribution < 1.29 is 19.8 Å². The summed E-state index contributed by atoms with van der Waals surface area (Å²) in [4.78, 5) is 32.2. The molecule has 2 amide bonds. The van der Waals surface area contributed by atoms with E-state index in [0.29, 0.717) is 24.5 Å². The molecule has 0 bridgehead atoms. The van der Waals surface area contributed by atoms with Gasteiger partial charge in [-0.15, -0.1) is 34.5 Å². The molecule has 0 fully saturated rings. The highest BCUT2D eigenvalue weighted by Gasteiger charge is 2.32. The van der Waals surface area contributed by atoms with Crippen LogP contribution in [0, 0.1) is 13.8 Å². The number of aryl methyl sites for hydroxylation is 2. The minimum absolute atomic E-state index is 0.0199. The molecule has 1 atom stereocenters. The van der Waals surface area contributed by atoms with Crippen molar-refractivity contribution in [3.8, 4) is 11.5 Å². The molecule has 2 aliphatic rings. The number of H-pyrrole nitrogens is 1. The maximum Gasteiger partial charge on any atom is 0.268 e. The Kier molecular flexibility index (Phi) is 8.68. The van der Waals surface area contributed by atoms with Gasteiger partial charge in [-0.1, -0.05) is 24.3 Å². The van der Waals surface area contributed by atoms with Crippen molar-refractivity contribution in [3.63, 3.8) is 0 Å². The topological polar surface area (TPSA) is 96.9 Å². The minimum atomic E-state index is 0.0199. The van der Waals surface area contributed by atoms with Crippen molar-refractivity contribution in [2.24, 2.45) is 0 Å². The number of aromatic hydroxyl groups is 2. The van der Waals surface area contributed by atoms with Crippen molar-refractivity contribution in [2.45, 2.75) is 26.2 Å². The Labute approximate surface area is 257 Å². The molecule has 7 rings (SSSR count). The number of aromatic amines is 1. The Morgan fingerprint density at radius 3 is 2.45 bits per heavy atom. The molecule has 1 unspecified atom stereocenters. The number of aromatic nitrogens is 1. The summed E-state index contributed by atoms with van der Waals surface area (Å²) >= 11 is 12.2. The number of benzene rings is 3. The zero-order valence-electron chi connectivity index (χ0n) is 23.4. The summed E-state index contributed by atoms with van der Waals surface area (Å²) in [7, 11) is 0. The highest BCUT2D eigenvalue weighted by Crippen LogP contribution is 2.45. The Morgan fingerprint density at radius 1 is 1.07 bits per heavy atom. The fourth-order valence-electron chi connectivity index (χ4n) is 5.93. The monoisotopic (exact) mass is 623 g/mol. The minimum Gasteiger partial charge on any atom is -0.507 e. The van der Waals surface area contributed by atoms with Crippen molar-refractivity contribution in [1.82, 2.24) is 4.98 Å². The molecule has 0 aliphatic carbocycles. The first-order valence-corrected chi connectivity index (χ1v) is 15.5. The molecule has 0 saturated heterocycles. The standard InChI is InChI=1S/C18H15NO2S.C13H13ClN2O2.CH3Cl/c1-11-6-7-17(22-11)18(21)19-9-8-13-12-4-2-3-5-14(12)16(20)10-15(13)19;1-7-4-15-13-10(18)2-9-12(11(7)13)8(3-14)5-16(9)6-17;1-2/h2-7,10,20H,8-9H2,1H3;2,4,6,8,15,18H,3,5H2,1H3;1H3. The van der Waals surface area contributed by atoms with E-state index < -0.39 is 0 Å². The smallest absolute Gasteiger partial charge is 0.268 e. The number of anilines is 2. The van der Waals surface area contributed by atoms with Gasteiger partial charge in [0.25, 0.3) is 5.91 Å². The summed E-state index contributed by atoms with van der Waals surface area (Å²) in [6.07, 6.45) is 4.95. The Morgan fingerprint density at radius 2 is 1.79 bits per heavy atom. The molecule has 42 heavy (non-hydrogen) atoms. The van der Waals surface area contributed by atoms with Crippen molar-refractivity contribution in [1.29, 1.82) is 0 Å². The third-order valence-electron chi connectivity index (χ3n) is 7.78. The molecule has 3 aromatic carbocycles. The molecule has 0 saturated carbocycles. The van der Waals surface area contributed by atoms with Crippen LogP contribution in [0.1, 0.15) is 37.2 Å². The van der Waals surface area contributed by atoms with Gasteiger partial charge in [-0.3, -0.25) is 9.59 Å². The molecular formula is C32H31Cl2N3O4S. The number of nitrogens with one attached hydrogen (secondary N) is 1. The summed E-state index contributed by atoms with van der Waals surface area (Å²) < 4.78 is 0. The number of rotatable bonds is 3. The quantitative estimate of drug-likeness (QED) is 0.144. The van der Waals surface area contributed by atoms with E-state index in [4.69, 9.17) is 11.6 Å². The maximum absolute atomic E-state index is 12.7. The zero-order valence-corrected chi connectivity index (χ0v) is 25.8. The van der Waals surface area contributed by atoms with Crippen LogP contribution >= 0.6 is 34.5 Å². The lowest BCUT2D eigenvalue weighted by molar-refractivity contribution is -0.107. The fourth-order valence-corrected chi connectivity index (χ4v) is 6.99. The third-order valence-corrected chi connectivity index (χ3v) is 9.14. The summed E-state index contributed by atoms with van der Waals surface area (Å²) in [5.74, 6) is 0.994. The average molecular weight is 625 g/mol. The van der Waals surface area contributed by atoms with Crippen molar-refractivity contribution in [3.05, 3.63) is 81.2 Å². The number of amides is 2. The number of carbonyl (C=O) groups excluding carboxylic acids is 2. The zero-order chi connectivity index (χ0) is 30.1. The van der Waals surface area contributed by atoms with E-state index in [9.17, 15) is 19.8 Å². The summed E-state index contributed by atoms with van der Waals surface area (Å²) in [6, 6.07) is 15.0. The van der Waals surface area contributed by atoms with Crippen LogP contribution in [0.5, 0.6) is 11.5 Å². The van der Waals surface area contributed by atoms with Crippen LogP contribution in [0.3, 0.4) is 0 Å². The van der Waals surface area contributed by atoms with Crippen LogP contribution in [0.25, 0.3) is 21.7 Å². The van der Waals surface area contributed by atoms with Crippen molar-refractivity contribution >= 4 is 79.9 Å². The number of phenols is 2. The number of hydrogen-bond acceptors (Lipinski definition) is 5. The number of nitrogens with zero attached hydrogens (tertiary/aromatic N) is 2. The average Bonchev–Trinajstić information content (AvgIpc) is 3.80. The molecule has 2 aliphatic heterocycles. The largest absolute Gasteiger partial charge is 0.507 e. The van der Waals surface area contributed by atoms with Crippen LogP contribution < -0.4 is 9.80 Å². The van der Waals surface area contributed by atoms with E-state index in [1.54, 1.807) is 21.9 Å². The fraction of sp³-hybridized carbons (Fsp3) is 0.250. The lowest BCUT2D eigenvalue weighted by Gasteiger charge is -2.17. The van der Waals surface area contributed by atoms with Crippen LogP contribution in [0.2, 0.25) is 0 Å². The molecular weight excluding hydrogens is 593 g/mol. The van der Waals surface area contributed by atoms with E-state index >= 15 is 0 Å². The van der Waals surface area contributed by atoms with Crippen LogP contribution in [0.4, 0.5) is 11.4 Å². The summed E-state index contributed by atoms with van der Waals surface area (Å²) in [5.41, 5.74) is 5.59. The predicted octanol–water partition coefficient (Wildman–Crippen LogP) is 7.45. The molecule has 10 heteroatoms. The van der Waals surface area contributed by atoms with Gasteiger partial charge in [0.05, 0.1) is 21.8 Å². The van der Waals surface area contributed by atoms with Crippen LogP contribution in [0.15, 0.2) is 54.7 Å². The number of hydrogen-bond donors (Lipinski definition) is 3. The molecule has 0 spiro atoms. The highest BCUT2D eigenvalue weighted by molar-refractivity contribution is 7.14. The van der Waals surface area contributed by atoms with Crippen LogP contribution in [-0.4, -0.2) is 52.9 Å². The lowest BCUT2D eigenvalue weighted by atomic mass is 9.97.